The quantitative estimate of drug-likeness (QED) is 0.845. The van der Waals surface area contributed by atoms with Crippen molar-refractivity contribution in [2.24, 2.45) is 23.2 Å². The summed E-state index contributed by atoms with van der Waals surface area (Å²) in [5, 5.41) is 15.3. The van der Waals surface area contributed by atoms with Gasteiger partial charge in [-0.05, 0) is 79.6 Å². The Kier molecular flexibility index (Phi) is 3.16. The van der Waals surface area contributed by atoms with Gasteiger partial charge in [0.2, 0.25) is 5.91 Å². The van der Waals surface area contributed by atoms with Crippen LogP contribution in [0.4, 0.5) is 5.00 Å². The molecule has 4 nitrogen and oxygen atoms in total. The molecule has 128 valence electrons. The fourth-order valence-corrected chi connectivity index (χ4v) is 7.13. The lowest BCUT2D eigenvalue weighted by molar-refractivity contribution is -0.127. The third-order valence-electron chi connectivity index (χ3n) is 7.25. The van der Waals surface area contributed by atoms with Crippen molar-refractivity contribution in [3.63, 3.8) is 0 Å². The number of amides is 1. The van der Waals surface area contributed by atoms with Gasteiger partial charge in [0, 0.05) is 0 Å². The van der Waals surface area contributed by atoms with Crippen molar-refractivity contribution >= 4 is 28.2 Å². The first-order valence-corrected chi connectivity index (χ1v) is 10.1. The molecule has 0 spiro atoms. The predicted octanol–water partition coefficient (Wildman–Crippen LogP) is 4.48. The number of carbonyl (C=O) groups is 2. The molecule has 24 heavy (non-hydrogen) atoms. The van der Waals surface area contributed by atoms with Crippen LogP contribution in [0.1, 0.15) is 73.2 Å². The van der Waals surface area contributed by atoms with E-state index in [1.54, 1.807) is 0 Å². The van der Waals surface area contributed by atoms with Crippen LogP contribution in [0.15, 0.2) is 5.38 Å². The smallest absolute Gasteiger partial charge is 0.339 e. The molecule has 0 aliphatic heterocycles. The van der Waals surface area contributed by atoms with Crippen molar-refractivity contribution in [3.8, 4) is 0 Å². The van der Waals surface area contributed by atoms with Gasteiger partial charge in [-0.15, -0.1) is 11.3 Å². The minimum absolute atomic E-state index is 0.0988. The molecule has 1 amide bonds. The van der Waals surface area contributed by atoms with Crippen LogP contribution in [0.2, 0.25) is 0 Å². The maximum Gasteiger partial charge on any atom is 0.339 e. The number of carboxylic acid groups (broad SMARTS) is 1. The van der Waals surface area contributed by atoms with Crippen molar-refractivity contribution in [1.29, 1.82) is 0 Å². The summed E-state index contributed by atoms with van der Waals surface area (Å²) < 4.78 is 0. The molecular formula is C19H23NO3S. The molecule has 5 heteroatoms. The maximum atomic E-state index is 13.1. The van der Waals surface area contributed by atoms with E-state index >= 15 is 0 Å². The van der Waals surface area contributed by atoms with Crippen LogP contribution < -0.4 is 5.32 Å². The first kappa shape index (κ1) is 14.9. The van der Waals surface area contributed by atoms with Gasteiger partial charge in [-0.3, -0.25) is 4.79 Å². The molecule has 0 aromatic carbocycles. The highest BCUT2D eigenvalue weighted by atomic mass is 32.1. The van der Waals surface area contributed by atoms with Gasteiger partial charge in [-0.2, -0.15) is 0 Å². The Balaban J connectivity index is 1.43. The highest BCUT2D eigenvalue weighted by Crippen LogP contribution is 2.65. The molecule has 6 rings (SSSR count). The largest absolute Gasteiger partial charge is 0.478 e. The number of carbonyl (C=O) groups excluding carboxylic acids is 1. The second-order valence-corrected chi connectivity index (χ2v) is 9.36. The number of aromatic carboxylic acids is 1. The number of thiophene rings is 1. The molecule has 2 unspecified atom stereocenters. The second-order valence-electron chi connectivity index (χ2n) is 8.48. The topological polar surface area (TPSA) is 66.4 Å². The maximum absolute atomic E-state index is 13.1. The van der Waals surface area contributed by atoms with Gasteiger partial charge in [0.25, 0.3) is 0 Å². The van der Waals surface area contributed by atoms with E-state index in [0.717, 1.165) is 43.1 Å². The number of anilines is 1. The van der Waals surface area contributed by atoms with E-state index in [-0.39, 0.29) is 11.3 Å². The van der Waals surface area contributed by atoms with Gasteiger partial charge in [0.05, 0.1) is 11.0 Å². The van der Waals surface area contributed by atoms with Crippen molar-refractivity contribution in [2.45, 2.75) is 57.3 Å². The molecular weight excluding hydrogens is 322 g/mol. The Labute approximate surface area is 145 Å². The minimum atomic E-state index is -0.900. The summed E-state index contributed by atoms with van der Waals surface area (Å²) >= 11 is 1.40. The summed E-state index contributed by atoms with van der Waals surface area (Å²) in [4.78, 5) is 24.9. The van der Waals surface area contributed by atoms with Gasteiger partial charge in [0.15, 0.2) is 0 Å². The summed E-state index contributed by atoms with van der Waals surface area (Å²) in [6, 6.07) is 0. The van der Waals surface area contributed by atoms with Crippen molar-refractivity contribution in [3.05, 3.63) is 16.5 Å². The molecule has 5 aliphatic rings. The fraction of sp³-hybridized carbons (Fsp3) is 0.684. The molecule has 1 heterocycles. The third-order valence-corrected chi connectivity index (χ3v) is 8.16. The zero-order chi connectivity index (χ0) is 16.5. The standard InChI is InChI=1S/C19H23NO3S/c21-17(22)15-14(12-2-1-3-12)9-24-16(15)20-18(23)19-7-10-4-11(8-19)6-13(19)5-10/h9-13H,1-8H2,(H,20,23)(H,21,22). The first-order valence-electron chi connectivity index (χ1n) is 9.23. The number of carboxylic acids is 1. The molecule has 2 N–H and O–H groups in total. The molecule has 4 bridgehead atoms. The average molecular weight is 345 g/mol. The molecule has 0 saturated heterocycles. The number of rotatable bonds is 4. The average Bonchev–Trinajstić information content (AvgIpc) is 3.05. The van der Waals surface area contributed by atoms with Crippen molar-refractivity contribution < 1.29 is 14.7 Å². The van der Waals surface area contributed by atoms with E-state index in [1.807, 2.05) is 5.38 Å². The summed E-state index contributed by atoms with van der Waals surface area (Å²) in [7, 11) is 0. The molecule has 2 atom stereocenters. The van der Waals surface area contributed by atoms with Gasteiger partial charge < -0.3 is 10.4 Å². The Hall–Kier alpha value is -1.36. The van der Waals surface area contributed by atoms with Crippen LogP contribution in [-0.4, -0.2) is 17.0 Å². The predicted molar refractivity (Wildman–Crippen MR) is 92.5 cm³/mol. The van der Waals surface area contributed by atoms with E-state index in [2.05, 4.69) is 5.32 Å². The molecule has 5 saturated carbocycles. The Morgan fingerprint density at radius 2 is 1.88 bits per heavy atom. The normalized spacial score (nSPS) is 36.8. The lowest BCUT2D eigenvalue weighted by Crippen LogP contribution is -2.37. The van der Waals surface area contributed by atoms with Gasteiger partial charge >= 0.3 is 5.97 Å². The van der Waals surface area contributed by atoms with Gasteiger partial charge in [-0.1, -0.05) is 6.42 Å². The van der Waals surface area contributed by atoms with Gasteiger partial charge in [0.1, 0.15) is 5.00 Å². The van der Waals surface area contributed by atoms with Crippen molar-refractivity contribution in [1.82, 2.24) is 0 Å². The first-order chi connectivity index (χ1) is 11.6. The van der Waals surface area contributed by atoms with Gasteiger partial charge in [-0.25, -0.2) is 4.79 Å². The summed E-state index contributed by atoms with van der Waals surface area (Å²) in [5.74, 6) is 1.54. The van der Waals surface area contributed by atoms with Crippen LogP contribution in [0.25, 0.3) is 0 Å². The van der Waals surface area contributed by atoms with E-state index < -0.39 is 5.97 Å². The molecule has 0 radical (unpaired) electrons. The van der Waals surface area contributed by atoms with E-state index in [9.17, 15) is 14.7 Å². The van der Waals surface area contributed by atoms with Crippen LogP contribution in [0.5, 0.6) is 0 Å². The second kappa shape index (κ2) is 5.07. The SMILES string of the molecule is O=C(O)c1c(C2CCC2)csc1NC(=O)C12CC3CC(CC1C3)C2. The Morgan fingerprint density at radius 3 is 2.46 bits per heavy atom. The zero-order valence-electron chi connectivity index (χ0n) is 13.7. The summed E-state index contributed by atoms with van der Waals surface area (Å²) in [6.07, 6.45) is 9.05. The van der Waals surface area contributed by atoms with E-state index in [1.165, 1.54) is 37.0 Å². The monoisotopic (exact) mass is 345 g/mol. The molecule has 5 fully saturated rings. The van der Waals surface area contributed by atoms with Crippen molar-refractivity contribution in [2.75, 3.05) is 5.32 Å². The highest BCUT2D eigenvalue weighted by Gasteiger charge is 2.61. The molecule has 5 aliphatic carbocycles. The summed E-state index contributed by atoms with van der Waals surface area (Å²) in [6.45, 7) is 0. The molecule has 1 aromatic heterocycles. The number of hydrogen-bond donors (Lipinski definition) is 2. The lowest BCUT2D eigenvalue weighted by atomic mass is 9.75. The highest BCUT2D eigenvalue weighted by molar-refractivity contribution is 7.15. The fourth-order valence-electron chi connectivity index (χ4n) is 6.10. The molecule has 1 aromatic rings. The summed E-state index contributed by atoms with van der Waals surface area (Å²) in [5.41, 5.74) is 1.08. The van der Waals surface area contributed by atoms with Crippen LogP contribution >= 0.6 is 11.3 Å². The Morgan fingerprint density at radius 1 is 1.17 bits per heavy atom. The Bertz CT molecular complexity index is 706. The third kappa shape index (κ3) is 1.97. The minimum Gasteiger partial charge on any atom is -0.478 e. The van der Waals surface area contributed by atoms with Crippen LogP contribution in [-0.2, 0) is 4.79 Å². The number of nitrogens with one attached hydrogen (secondary N) is 1. The lowest BCUT2D eigenvalue weighted by Gasteiger charge is -2.31. The van der Waals surface area contributed by atoms with Crippen LogP contribution in [0.3, 0.4) is 0 Å². The van der Waals surface area contributed by atoms with Crippen LogP contribution in [0, 0.1) is 23.2 Å². The van der Waals surface area contributed by atoms with E-state index in [4.69, 9.17) is 0 Å². The zero-order valence-corrected chi connectivity index (χ0v) is 14.5. The van der Waals surface area contributed by atoms with E-state index in [0.29, 0.717) is 22.4 Å². The number of hydrogen-bond acceptors (Lipinski definition) is 3.